The molecule has 0 heterocycles. The molecule has 0 aliphatic rings. The van der Waals surface area contributed by atoms with Gasteiger partial charge < -0.3 is 30.0 Å². The monoisotopic (exact) mass is 312 g/mol. The van der Waals surface area contributed by atoms with Crippen molar-refractivity contribution in [3.05, 3.63) is 0 Å². The van der Waals surface area contributed by atoms with E-state index in [0.717, 1.165) is 0 Å². The van der Waals surface area contributed by atoms with E-state index >= 15 is 0 Å². The molecule has 52 valence electrons. The zero-order chi connectivity index (χ0) is 7.15. The largest absolute Gasteiger partial charge is 4.00 e. The van der Waals surface area contributed by atoms with Crippen LogP contribution in [0.2, 0.25) is 0 Å². The van der Waals surface area contributed by atoms with Crippen LogP contribution in [0.5, 0.6) is 0 Å². The molecule has 0 unspecified atom stereocenters. The van der Waals surface area contributed by atoms with Crippen molar-refractivity contribution in [3.8, 4) is 0 Å². The van der Waals surface area contributed by atoms with Crippen LogP contribution in [0.1, 0.15) is 0 Å². The van der Waals surface area contributed by atoms with Gasteiger partial charge in [-0.2, -0.15) is 0 Å². The second-order valence-electron chi connectivity index (χ2n) is 0.500. The van der Waals surface area contributed by atoms with Crippen LogP contribution in [0.25, 0.3) is 0 Å². The van der Waals surface area contributed by atoms with Crippen molar-refractivity contribution in [3.63, 3.8) is 0 Å². The van der Waals surface area contributed by atoms with E-state index < -0.39 is 12.3 Å². The van der Waals surface area contributed by atoms with Gasteiger partial charge in [-0.05, 0) is 12.3 Å². The zero-order valence-corrected chi connectivity index (χ0v) is 6.34. The fraction of sp³-hybridized carbons (Fsp3) is 0. The maximum absolute atomic E-state index is 8.33. The summed E-state index contributed by atoms with van der Waals surface area (Å²) in [6, 6.07) is 0. The minimum atomic E-state index is -2.33. The van der Waals surface area contributed by atoms with E-state index in [2.05, 4.69) is 0 Å². The quantitative estimate of drug-likeness (QED) is 0.441. The van der Waals surface area contributed by atoms with Gasteiger partial charge in [-0.15, -0.1) is 0 Å². The summed E-state index contributed by atoms with van der Waals surface area (Å²) in [6.07, 6.45) is -4.67. The molecule has 0 aliphatic heterocycles. The molecule has 9 heavy (non-hydrogen) atoms. The third kappa shape index (κ3) is 283. The van der Waals surface area contributed by atoms with E-state index in [-0.39, 0.29) is 19.8 Å². The molecule has 0 aromatic carbocycles. The second-order valence-corrected chi connectivity index (χ2v) is 0.500. The summed E-state index contributed by atoms with van der Waals surface area (Å²) >= 11 is 0. The summed E-state index contributed by atoms with van der Waals surface area (Å²) in [6.45, 7) is 0. The summed E-state index contributed by atoms with van der Waals surface area (Å²) in [4.78, 5) is 16.7. The van der Waals surface area contributed by atoms with Crippen molar-refractivity contribution in [1.82, 2.24) is 0 Å². The number of hydrogen-bond donors (Lipinski definition) is 0. The van der Waals surface area contributed by atoms with Gasteiger partial charge in [0, 0.05) is 0 Å². The SMILES string of the molecule is O=C([O-])[O-].O=C([O-])[O-].[Os+4]. The molecular formula is C2O6Os. The summed E-state index contributed by atoms with van der Waals surface area (Å²) in [5, 5.41) is 33.3. The normalized spacial score (nSPS) is 5.33. The number of hydrogen-bond acceptors (Lipinski definition) is 6. The molecule has 6 nitrogen and oxygen atoms in total. The third-order valence-corrected chi connectivity index (χ3v) is 0. The van der Waals surface area contributed by atoms with E-state index in [1.165, 1.54) is 0 Å². The van der Waals surface area contributed by atoms with Crippen molar-refractivity contribution in [2.75, 3.05) is 0 Å². The average Bonchev–Trinajstić information content (AvgIpc) is 1.25. The van der Waals surface area contributed by atoms with Crippen LogP contribution in [0, 0.1) is 0 Å². The molecular weight excluding hydrogens is 310 g/mol. The van der Waals surface area contributed by atoms with Gasteiger partial charge in [0.25, 0.3) is 0 Å². The van der Waals surface area contributed by atoms with Crippen LogP contribution in [0.3, 0.4) is 0 Å². The standard InChI is InChI=1S/2CH2O3.Os/c2*2-1(3)4;/h2*(H2,2,3,4);/q;;+4/p-4. The molecule has 0 rings (SSSR count). The van der Waals surface area contributed by atoms with Gasteiger partial charge in [0.15, 0.2) is 0 Å². The third-order valence-electron chi connectivity index (χ3n) is 0. The van der Waals surface area contributed by atoms with E-state index in [4.69, 9.17) is 30.0 Å². The zero-order valence-electron chi connectivity index (χ0n) is 3.80. The van der Waals surface area contributed by atoms with Crippen LogP contribution >= 0.6 is 0 Å². The molecule has 0 amide bonds. The van der Waals surface area contributed by atoms with Gasteiger partial charge in [0.05, 0.1) is 0 Å². The molecule has 0 fully saturated rings. The van der Waals surface area contributed by atoms with Crippen molar-refractivity contribution >= 4 is 12.3 Å². The Bertz CT molecular complexity index is 69.1. The molecule has 0 radical (unpaired) electrons. The molecule has 7 heteroatoms. The first kappa shape index (κ1) is 15.7. The molecule has 0 bridgehead atoms. The predicted molar refractivity (Wildman–Crippen MR) is 10.8 cm³/mol. The smallest absolute Gasteiger partial charge is 0.652 e. The maximum atomic E-state index is 8.33. The Labute approximate surface area is 62.8 Å². The second kappa shape index (κ2) is 10.2. The van der Waals surface area contributed by atoms with Gasteiger partial charge in [-0.3, -0.25) is 0 Å². The maximum Gasteiger partial charge on any atom is 4.00 e. The molecule has 0 spiro atoms. The molecule has 0 atom stereocenters. The van der Waals surface area contributed by atoms with Gasteiger partial charge in [-0.25, -0.2) is 0 Å². The first-order chi connectivity index (χ1) is 3.46. The number of carbonyl (C=O) groups is 2. The van der Waals surface area contributed by atoms with Gasteiger partial charge in [0.1, 0.15) is 0 Å². The van der Waals surface area contributed by atoms with Crippen molar-refractivity contribution in [1.29, 1.82) is 0 Å². The Morgan fingerprint density at radius 3 is 0.778 bits per heavy atom. The van der Waals surface area contributed by atoms with E-state index in [0.29, 0.717) is 0 Å². The Balaban J connectivity index is -0.0000000720. The summed E-state index contributed by atoms with van der Waals surface area (Å²) in [5.74, 6) is 0. The van der Waals surface area contributed by atoms with Gasteiger partial charge in [0.2, 0.25) is 0 Å². The van der Waals surface area contributed by atoms with Crippen LogP contribution in [-0.4, -0.2) is 12.3 Å². The Kier molecular flexibility index (Phi) is 17.8. The number of rotatable bonds is 0. The van der Waals surface area contributed by atoms with Crippen molar-refractivity contribution in [2.45, 2.75) is 0 Å². The Morgan fingerprint density at radius 2 is 0.778 bits per heavy atom. The minimum absolute atomic E-state index is 0. The molecule has 0 aromatic rings. The van der Waals surface area contributed by atoms with Crippen LogP contribution < -0.4 is 20.4 Å². The van der Waals surface area contributed by atoms with Crippen LogP contribution in [0.15, 0.2) is 0 Å². The number of carboxylic acid groups (broad SMARTS) is 4. The fourth-order valence-electron chi connectivity index (χ4n) is 0. The minimum Gasteiger partial charge on any atom is -0.652 e. The van der Waals surface area contributed by atoms with E-state index in [1.807, 2.05) is 0 Å². The van der Waals surface area contributed by atoms with Crippen molar-refractivity contribution < 1.29 is 49.8 Å². The van der Waals surface area contributed by atoms with Crippen LogP contribution in [0.4, 0.5) is 9.59 Å². The van der Waals surface area contributed by atoms with E-state index in [9.17, 15) is 0 Å². The summed E-state index contributed by atoms with van der Waals surface area (Å²) in [5.41, 5.74) is 0. The first-order valence-corrected chi connectivity index (χ1v) is 1.22. The molecule has 0 N–H and O–H groups in total. The van der Waals surface area contributed by atoms with Crippen LogP contribution in [-0.2, 0) is 19.8 Å². The summed E-state index contributed by atoms with van der Waals surface area (Å²) < 4.78 is 0. The predicted octanol–water partition coefficient (Wildman–Crippen LogP) is -4.90. The Morgan fingerprint density at radius 1 is 0.778 bits per heavy atom. The molecule has 0 aromatic heterocycles. The van der Waals surface area contributed by atoms with Crippen molar-refractivity contribution in [2.24, 2.45) is 0 Å². The average molecular weight is 310 g/mol. The first-order valence-electron chi connectivity index (χ1n) is 1.22. The topological polar surface area (TPSA) is 126 Å². The van der Waals surface area contributed by atoms with E-state index in [1.54, 1.807) is 0 Å². The Hall–Kier alpha value is -0.824. The molecule has 0 saturated heterocycles. The summed E-state index contributed by atoms with van der Waals surface area (Å²) in [7, 11) is 0. The molecule has 0 aliphatic carbocycles. The van der Waals surface area contributed by atoms with Gasteiger partial charge >= 0.3 is 19.8 Å². The number of carbonyl (C=O) groups excluding carboxylic acids is 2. The fourth-order valence-corrected chi connectivity index (χ4v) is 0. The molecule has 0 saturated carbocycles. The van der Waals surface area contributed by atoms with Gasteiger partial charge in [-0.1, -0.05) is 0 Å².